The fraction of sp³-hybridized carbons (Fsp3) is 0.222. The topological polar surface area (TPSA) is 50.7 Å². The molecule has 0 fully saturated rings. The van der Waals surface area contributed by atoms with E-state index in [1.807, 2.05) is 12.1 Å². The fourth-order valence-corrected chi connectivity index (χ4v) is 4.13. The van der Waals surface area contributed by atoms with E-state index in [0.29, 0.717) is 23.6 Å². The molecule has 3 aromatic rings. The van der Waals surface area contributed by atoms with Crippen LogP contribution >= 0.6 is 33.9 Å². The molecule has 0 saturated heterocycles. The number of anilines is 1. The van der Waals surface area contributed by atoms with Crippen molar-refractivity contribution >= 4 is 45.7 Å². The number of furan rings is 1. The van der Waals surface area contributed by atoms with Crippen molar-refractivity contribution in [1.82, 2.24) is 4.57 Å². The van der Waals surface area contributed by atoms with E-state index in [4.69, 9.17) is 4.42 Å². The van der Waals surface area contributed by atoms with Gasteiger partial charge in [-0.25, -0.2) is 4.99 Å². The van der Waals surface area contributed by atoms with Gasteiger partial charge in [-0.05, 0) is 58.8 Å². The Morgan fingerprint density at radius 2 is 2.08 bits per heavy atom. The van der Waals surface area contributed by atoms with Crippen molar-refractivity contribution in [3.05, 3.63) is 71.2 Å². The van der Waals surface area contributed by atoms with Crippen LogP contribution in [-0.4, -0.2) is 11.2 Å². The lowest BCUT2D eigenvalue weighted by Gasteiger charge is -2.25. The summed E-state index contributed by atoms with van der Waals surface area (Å²) in [6, 6.07) is 12.2. The van der Waals surface area contributed by atoms with Crippen LogP contribution in [0.4, 0.5) is 5.69 Å². The van der Waals surface area contributed by atoms with Crippen molar-refractivity contribution in [3.8, 4) is 0 Å². The molecule has 0 radical (unpaired) electrons. The van der Waals surface area contributed by atoms with Crippen molar-refractivity contribution in [2.75, 3.05) is 11.6 Å². The molecule has 2 aromatic heterocycles. The maximum Gasteiger partial charge on any atom is 0.271 e. The second-order valence-electron chi connectivity index (χ2n) is 5.77. The highest BCUT2D eigenvalue weighted by molar-refractivity contribution is 14.1. The highest BCUT2D eigenvalue weighted by atomic mass is 127. The number of thiazole rings is 1. The number of hydrogen-bond donors (Lipinski definition) is 0. The first-order valence-electron chi connectivity index (χ1n) is 7.99. The first-order chi connectivity index (χ1) is 12.1. The summed E-state index contributed by atoms with van der Waals surface area (Å²) < 4.78 is 8.71. The highest BCUT2D eigenvalue weighted by Crippen LogP contribution is 2.17. The molecule has 0 amide bonds. The van der Waals surface area contributed by atoms with Crippen LogP contribution in [0.15, 0.2) is 50.6 Å². The predicted molar refractivity (Wildman–Crippen MR) is 108 cm³/mol. The molecule has 4 rings (SSSR count). The first-order valence-corrected chi connectivity index (χ1v) is 9.88. The molecule has 0 unspecified atom stereocenters. The van der Waals surface area contributed by atoms with Gasteiger partial charge in [0.05, 0.1) is 4.53 Å². The van der Waals surface area contributed by atoms with Crippen LogP contribution in [0, 0.1) is 3.77 Å². The molecule has 1 aliphatic rings. The Labute approximate surface area is 162 Å². The minimum Gasteiger partial charge on any atom is -0.451 e. The molecule has 0 saturated carbocycles. The maximum atomic E-state index is 12.7. The smallest absolute Gasteiger partial charge is 0.271 e. The zero-order valence-corrected chi connectivity index (χ0v) is 16.6. The molecule has 0 spiro atoms. The molecule has 25 heavy (non-hydrogen) atoms. The van der Waals surface area contributed by atoms with Gasteiger partial charge in [-0.15, -0.1) is 0 Å². The Morgan fingerprint density at radius 3 is 2.76 bits per heavy atom. The summed E-state index contributed by atoms with van der Waals surface area (Å²) in [5, 5.41) is 0. The van der Waals surface area contributed by atoms with Crippen molar-refractivity contribution in [2.45, 2.75) is 20.0 Å². The molecule has 3 heterocycles. The third-order valence-corrected chi connectivity index (χ3v) is 5.78. The molecular weight excluding hydrogens is 449 g/mol. The van der Waals surface area contributed by atoms with Crippen LogP contribution in [0.2, 0.25) is 0 Å². The van der Waals surface area contributed by atoms with Gasteiger partial charge in [0, 0.05) is 11.8 Å². The molecule has 0 N–H and O–H groups in total. The van der Waals surface area contributed by atoms with Gasteiger partial charge in [0.25, 0.3) is 5.56 Å². The quantitative estimate of drug-likeness (QED) is 0.559. The zero-order valence-electron chi connectivity index (χ0n) is 13.6. The number of fused-ring (bicyclic) bond motifs is 1. The Bertz CT molecular complexity index is 1080. The Hall–Kier alpha value is -1.87. The lowest BCUT2D eigenvalue weighted by atomic mass is 10.1. The van der Waals surface area contributed by atoms with Crippen LogP contribution < -0.4 is 19.8 Å². The minimum absolute atomic E-state index is 0.0231. The summed E-state index contributed by atoms with van der Waals surface area (Å²) in [7, 11) is 0. The van der Waals surface area contributed by atoms with Crippen LogP contribution in [0.5, 0.6) is 0 Å². The van der Waals surface area contributed by atoms with E-state index >= 15 is 0 Å². The number of rotatable bonds is 3. The van der Waals surface area contributed by atoms with E-state index in [1.165, 1.54) is 16.9 Å². The van der Waals surface area contributed by atoms with Crippen molar-refractivity contribution in [3.63, 3.8) is 0 Å². The van der Waals surface area contributed by atoms with Gasteiger partial charge < -0.3 is 9.32 Å². The van der Waals surface area contributed by atoms with Gasteiger partial charge in [0.1, 0.15) is 19.1 Å². The number of aromatic nitrogens is 1. The normalized spacial score (nSPS) is 14.5. The van der Waals surface area contributed by atoms with Gasteiger partial charge in [-0.2, -0.15) is 0 Å². The summed E-state index contributed by atoms with van der Waals surface area (Å²) in [4.78, 5) is 20.2. The van der Waals surface area contributed by atoms with Gasteiger partial charge in [0.2, 0.25) is 0 Å². The minimum atomic E-state index is -0.0231. The SMILES string of the molecule is CCc1ccc(N2CN=c3sc(=Cc4ccc(I)o4)c(=O)n3C2)cc1. The number of halogens is 1. The van der Waals surface area contributed by atoms with Crippen molar-refractivity contribution < 1.29 is 4.42 Å². The molecule has 0 bridgehead atoms. The molecule has 1 aliphatic heterocycles. The number of benzene rings is 1. The van der Waals surface area contributed by atoms with E-state index in [0.717, 1.165) is 20.7 Å². The summed E-state index contributed by atoms with van der Waals surface area (Å²) in [6.07, 6.45) is 2.81. The summed E-state index contributed by atoms with van der Waals surface area (Å²) in [5.74, 6) is 0.688. The molecule has 0 aliphatic carbocycles. The lowest BCUT2D eigenvalue weighted by molar-refractivity contribution is 0.528. The third-order valence-electron chi connectivity index (χ3n) is 4.15. The molecule has 5 nitrogen and oxygen atoms in total. The van der Waals surface area contributed by atoms with Gasteiger partial charge in [-0.1, -0.05) is 30.4 Å². The Balaban J connectivity index is 1.67. The Morgan fingerprint density at radius 1 is 1.28 bits per heavy atom. The van der Waals surface area contributed by atoms with Gasteiger partial charge >= 0.3 is 0 Å². The van der Waals surface area contributed by atoms with E-state index in [-0.39, 0.29) is 5.56 Å². The van der Waals surface area contributed by atoms with E-state index in [1.54, 1.807) is 10.6 Å². The highest BCUT2D eigenvalue weighted by Gasteiger charge is 2.16. The van der Waals surface area contributed by atoms with E-state index in [9.17, 15) is 4.79 Å². The summed E-state index contributed by atoms with van der Waals surface area (Å²) >= 11 is 3.52. The zero-order chi connectivity index (χ0) is 17.4. The Kier molecular flexibility index (Phi) is 4.51. The average Bonchev–Trinajstić information content (AvgIpc) is 3.18. The number of nitrogens with zero attached hydrogens (tertiary/aromatic N) is 3. The fourth-order valence-electron chi connectivity index (χ4n) is 2.75. The molecule has 1 aromatic carbocycles. The van der Waals surface area contributed by atoms with Crippen molar-refractivity contribution in [1.29, 1.82) is 0 Å². The van der Waals surface area contributed by atoms with Crippen LogP contribution in [0.1, 0.15) is 18.2 Å². The van der Waals surface area contributed by atoms with E-state index < -0.39 is 0 Å². The van der Waals surface area contributed by atoms with Crippen LogP contribution in [-0.2, 0) is 13.1 Å². The second-order valence-corrected chi connectivity index (χ2v) is 7.84. The summed E-state index contributed by atoms with van der Waals surface area (Å²) in [5.41, 5.74) is 2.36. The maximum absolute atomic E-state index is 12.7. The lowest BCUT2D eigenvalue weighted by Crippen LogP contribution is -2.42. The average molecular weight is 465 g/mol. The number of aryl methyl sites for hydroxylation is 1. The summed E-state index contributed by atoms with van der Waals surface area (Å²) in [6.45, 7) is 3.22. The van der Waals surface area contributed by atoms with Gasteiger partial charge in [0.15, 0.2) is 8.57 Å². The second kappa shape index (κ2) is 6.80. The third kappa shape index (κ3) is 3.30. The molecule has 0 atom stereocenters. The first kappa shape index (κ1) is 16.6. The van der Waals surface area contributed by atoms with Crippen LogP contribution in [0.3, 0.4) is 0 Å². The number of hydrogen-bond acceptors (Lipinski definition) is 5. The van der Waals surface area contributed by atoms with Crippen molar-refractivity contribution in [2.24, 2.45) is 4.99 Å². The monoisotopic (exact) mass is 465 g/mol. The molecular formula is C18H16IN3O2S. The molecule has 128 valence electrons. The van der Waals surface area contributed by atoms with E-state index in [2.05, 4.69) is 63.7 Å². The predicted octanol–water partition coefficient (Wildman–Crippen LogP) is 2.55. The largest absolute Gasteiger partial charge is 0.451 e. The van der Waals surface area contributed by atoms with Gasteiger partial charge in [-0.3, -0.25) is 9.36 Å². The standard InChI is InChI=1S/C18H16IN3O2S/c1-2-12-3-5-13(6-4-12)21-10-20-18-22(11-21)17(23)15(25-18)9-14-7-8-16(19)24-14/h3-9H,2,10-11H2,1H3. The van der Waals surface area contributed by atoms with Crippen LogP contribution in [0.25, 0.3) is 6.08 Å². The molecule has 7 heteroatoms.